The Hall–Kier alpha value is -2.22. The Morgan fingerprint density at radius 1 is 0.950 bits per heavy atom. The van der Waals surface area contributed by atoms with Gasteiger partial charge in [-0.25, -0.2) is 0 Å². The average Bonchev–Trinajstić information content (AvgIpc) is 2.44. The van der Waals surface area contributed by atoms with Gasteiger partial charge in [-0.2, -0.15) is 6.57 Å². The first kappa shape index (κ1) is 14.2. The fourth-order valence-corrected chi connectivity index (χ4v) is 1.83. The van der Waals surface area contributed by atoms with E-state index in [-0.39, 0.29) is 11.8 Å². The number of hydrogen-bond acceptors (Lipinski definition) is 3. The van der Waals surface area contributed by atoms with Crippen molar-refractivity contribution >= 4 is 29.3 Å². The van der Waals surface area contributed by atoms with Crippen molar-refractivity contribution in [2.75, 3.05) is 0 Å². The fourth-order valence-electron chi connectivity index (χ4n) is 1.36. The van der Waals surface area contributed by atoms with Crippen LogP contribution in [0.5, 0.6) is 11.5 Å². The smallest absolute Gasteiger partial charge is 0.407 e. The van der Waals surface area contributed by atoms with Gasteiger partial charge >= 0.3 is 6.08 Å². The van der Waals surface area contributed by atoms with Gasteiger partial charge in [-0.1, -0.05) is 47.5 Å². The first-order chi connectivity index (χ1) is 9.70. The highest BCUT2D eigenvalue weighted by Gasteiger charge is 2.15. The van der Waals surface area contributed by atoms with E-state index in [9.17, 15) is 0 Å². The van der Waals surface area contributed by atoms with Crippen molar-refractivity contribution in [3.8, 4) is 11.5 Å². The Morgan fingerprint density at radius 3 is 2.20 bits per heavy atom. The molecule has 0 heterocycles. The average molecular weight is 307 g/mol. The van der Waals surface area contributed by atoms with Gasteiger partial charge in [0.25, 0.3) is 0 Å². The summed E-state index contributed by atoms with van der Waals surface area (Å²) in [7, 11) is 0. The second-order valence-electron chi connectivity index (χ2n) is 3.53. The number of halogens is 2. The molecule has 0 fully saturated rings. The molecule has 0 aliphatic heterocycles. The second-order valence-corrected chi connectivity index (χ2v) is 4.35. The molecule has 2 rings (SSSR count). The van der Waals surface area contributed by atoms with Crippen LogP contribution in [0, 0.1) is 6.57 Å². The van der Waals surface area contributed by atoms with Gasteiger partial charge < -0.3 is 9.47 Å². The maximum Gasteiger partial charge on any atom is 0.475 e. The molecule has 20 heavy (non-hydrogen) atoms. The van der Waals surface area contributed by atoms with Crippen LogP contribution in [0.15, 0.2) is 53.6 Å². The van der Waals surface area contributed by atoms with E-state index in [1.54, 1.807) is 42.5 Å². The lowest BCUT2D eigenvalue weighted by Crippen LogP contribution is -2.16. The van der Waals surface area contributed by atoms with Crippen molar-refractivity contribution in [1.82, 2.24) is 0 Å². The van der Waals surface area contributed by atoms with E-state index in [1.165, 1.54) is 0 Å². The first-order valence-corrected chi connectivity index (χ1v) is 6.25. The fraction of sp³-hybridized carbons (Fsp3) is 0. The van der Waals surface area contributed by atoms with E-state index < -0.39 is 0 Å². The van der Waals surface area contributed by atoms with Gasteiger partial charge in [0.05, 0.1) is 10.0 Å². The third-order valence-electron chi connectivity index (χ3n) is 2.19. The quantitative estimate of drug-likeness (QED) is 0.350. The molecule has 0 unspecified atom stereocenters. The lowest BCUT2D eigenvalue weighted by Gasteiger charge is -2.09. The van der Waals surface area contributed by atoms with Crippen molar-refractivity contribution in [3.63, 3.8) is 0 Å². The summed E-state index contributed by atoms with van der Waals surface area (Å²) in [6, 6.07) is 13.7. The van der Waals surface area contributed by atoms with E-state index in [1.807, 2.05) is 6.07 Å². The zero-order valence-corrected chi connectivity index (χ0v) is 11.6. The van der Waals surface area contributed by atoms with E-state index in [0.717, 1.165) is 0 Å². The van der Waals surface area contributed by atoms with Crippen LogP contribution in [-0.4, -0.2) is 6.08 Å². The van der Waals surface area contributed by atoms with Crippen molar-refractivity contribution in [3.05, 3.63) is 70.1 Å². The topological polar surface area (TPSA) is 35.2 Å². The number of ether oxygens (including phenoxy) is 2. The van der Waals surface area contributed by atoms with Gasteiger partial charge in [0, 0.05) is 0 Å². The standard InChI is InChI=1S/C14H8Cl2N2O2/c1-17-18-14(19-10-6-3-2-4-7-10)20-13-11(15)8-5-9-12(13)16/h2-9H/b18-14+. The molecule has 0 saturated carbocycles. The molecular formula is C14H8Cl2N2O2. The molecule has 0 aliphatic carbocycles. The summed E-state index contributed by atoms with van der Waals surface area (Å²) in [6.07, 6.45) is -0.249. The SMILES string of the molecule is [C-]#[N+]/N=C(\Oc1ccccc1)Oc1c(Cl)cccc1Cl. The van der Waals surface area contributed by atoms with Crippen LogP contribution in [0.1, 0.15) is 0 Å². The zero-order valence-electron chi connectivity index (χ0n) is 10.1. The Balaban J connectivity index is 2.23. The summed E-state index contributed by atoms with van der Waals surface area (Å²) in [5.74, 6) is 0.673. The van der Waals surface area contributed by atoms with E-state index >= 15 is 0 Å². The molecule has 0 N–H and O–H groups in total. The Labute approximate surface area is 126 Å². The highest BCUT2D eigenvalue weighted by Crippen LogP contribution is 2.32. The number of rotatable bonds is 2. The van der Waals surface area contributed by atoms with Crippen molar-refractivity contribution in [2.45, 2.75) is 0 Å². The van der Waals surface area contributed by atoms with Crippen LogP contribution < -0.4 is 9.47 Å². The third kappa shape index (κ3) is 3.64. The highest BCUT2D eigenvalue weighted by atomic mass is 35.5. The lowest BCUT2D eigenvalue weighted by molar-refractivity contribution is 0.385. The van der Waals surface area contributed by atoms with Crippen molar-refractivity contribution in [2.24, 2.45) is 5.10 Å². The monoisotopic (exact) mass is 306 g/mol. The largest absolute Gasteiger partial charge is 0.475 e. The normalized spacial score (nSPS) is 10.8. The molecule has 0 radical (unpaired) electrons. The predicted octanol–water partition coefficient (Wildman–Crippen LogP) is 4.64. The molecule has 0 spiro atoms. The molecule has 0 atom stereocenters. The molecule has 0 amide bonds. The van der Waals surface area contributed by atoms with Gasteiger partial charge in [0.2, 0.25) is 0 Å². The lowest BCUT2D eigenvalue weighted by atomic mass is 10.3. The summed E-state index contributed by atoms with van der Waals surface area (Å²) in [4.78, 5) is 2.89. The van der Waals surface area contributed by atoms with E-state index in [0.29, 0.717) is 15.8 Å². The van der Waals surface area contributed by atoms with Gasteiger partial charge in [0.15, 0.2) is 10.9 Å². The third-order valence-corrected chi connectivity index (χ3v) is 2.78. The Morgan fingerprint density at radius 2 is 1.60 bits per heavy atom. The summed E-state index contributed by atoms with van der Waals surface area (Å²) >= 11 is 12.0. The van der Waals surface area contributed by atoms with Gasteiger partial charge in [-0.3, -0.25) is 0 Å². The molecule has 0 saturated heterocycles. The molecular weight excluding hydrogens is 299 g/mol. The molecule has 0 bridgehead atoms. The first-order valence-electron chi connectivity index (χ1n) is 5.50. The van der Waals surface area contributed by atoms with Crippen LogP contribution in [0.2, 0.25) is 10.0 Å². The van der Waals surface area contributed by atoms with Crippen LogP contribution in [0.3, 0.4) is 0 Å². The van der Waals surface area contributed by atoms with Gasteiger partial charge in [0.1, 0.15) is 5.75 Å². The summed E-state index contributed by atoms with van der Waals surface area (Å²) in [5, 5.41) is 4.04. The minimum absolute atomic E-state index is 0.189. The minimum Gasteiger partial charge on any atom is -0.407 e. The molecule has 6 heteroatoms. The summed E-state index contributed by atoms with van der Waals surface area (Å²) in [6.45, 7) is 6.78. The number of hydrogen-bond donors (Lipinski definition) is 0. The summed E-state index contributed by atoms with van der Waals surface area (Å²) < 4.78 is 10.7. The molecule has 2 aromatic carbocycles. The molecule has 0 aromatic heterocycles. The number of para-hydroxylation sites is 2. The number of nitrogens with zero attached hydrogens (tertiary/aromatic N) is 2. The van der Waals surface area contributed by atoms with E-state index in [4.69, 9.17) is 39.2 Å². The van der Waals surface area contributed by atoms with Crippen molar-refractivity contribution < 1.29 is 9.47 Å². The number of benzene rings is 2. The maximum atomic E-state index is 6.78. The second kappa shape index (κ2) is 6.80. The molecule has 4 nitrogen and oxygen atoms in total. The Bertz CT molecular complexity index is 646. The van der Waals surface area contributed by atoms with E-state index in [2.05, 4.69) is 10.1 Å². The van der Waals surface area contributed by atoms with Gasteiger partial charge in [-0.05, 0) is 24.3 Å². The minimum atomic E-state index is -0.249. The predicted molar refractivity (Wildman–Crippen MR) is 78.2 cm³/mol. The molecule has 100 valence electrons. The maximum absolute atomic E-state index is 6.78. The molecule has 2 aromatic rings. The van der Waals surface area contributed by atoms with Crippen LogP contribution in [0.4, 0.5) is 0 Å². The molecule has 0 aliphatic rings. The van der Waals surface area contributed by atoms with Crippen molar-refractivity contribution in [1.29, 1.82) is 0 Å². The highest BCUT2D eigenvalue weighted by molar-refractivity contribution is 6.37. The van der Waals surface area contributed by atoms with Crippen LogP contribution in [0.25, 0.3) is 4.95 Å². The Kier molecular flexibility index (Phi) is 4.83. The van der Waals surface area contributed by atoms with Crippen LogP contribution >= 0.6 is 23.2 Å². The zero-order chi connectivity index (χ0) is 14.4. The van der Waals surface area contributed by atoms with Gasteiger partial charge in [-0.15, -0.1) is 4.95 Å². The summed E-state index contributed by atoms with van der Waals surface area (Å²) in [5.41, 5.74) is 0. The van der Waals surface area contributed by atoms with Crippen LogP contribution in [-0.2, 0) is 0 Å².